The summed E-state index contributed by atoms with van der Waals surface area (Å²) in [4.78, 5) is 5.09. The number of hydrogen-bond donors (Lipinski definition) is 1. The maximum absolute atomic E-state index is 12.5. The lowest BCUT2D eigenvalue weighted by molar-refractivity contribution is -0.0429. The van der Waals surface area contributed by atoms with Gasteiger partial charge in [0.2, 0.25) is 0 Å². The van der Waals surface area contributed by atoms with Crippen LogP contribution in [0.3, 0.4) is 0 Å². The highest BCUT2D eigenvalue weighted by molar-refractivity contribution is 7.93. The number of oxime groups is 1. The van der Waals surface area contributed by atoms with Crippen molar-refractivity contribution in [3.8, 4) is 0 Å². The fourth-order valence-electron chi connectivity index (χ4n) is 1.52. The number of halogens is 4. The zero-order chi connectivity index (χ0) is 17.8. The van der Waals surface area contributed by atoms with Crippen LogP contribution in [0.2, 0.25) is 5.02 Å². The van der Waals surface area contributed by atoms with Gasteiger partial charge in [-0.3, -0.25) is 4.72 Å². The minimum Gasteiger partial charge on any atom is -0.393 e. The Kier molecular flexibility index (Phi) is 6.29. The Morgan fingerprint density at radius 2 is 2.00 bits per heavy atom. The van der Waals surface area contributed by atoms with Gasteiger partial charge >= 0.3 is 15.5 Å². The monoisotopic (exact) mass is 372 g/mol. The van der Waals surface area contributed by atoms with Crippen LogP contribution in [0, 0.1) is 0 Å². The van der Waals surface area contributed by atoms with E-state index in [9.17, 15) is 21.6 Å². The number of nitrogens with zero attached hydrogens (tertiary/aromatic N) is 1. The van der Waals surface area contributed by atoms with Gasteiger partial charge in [-0.05, 0) is 38.5 Å². The van der Waals surface area contributed by atoms with Crippen molar-refractivity contribution in [2.45, 2.75) is 38.8 Å². The first kappa shape index (κ1) is 19.6. The lowest BCUT2D eigenvalue weighted by Gasteiger charge is -2.15. The second-order valence-electron chi connectivity index (χ2n) is 4.79. The summed E-state index contributed by atoms with van der Waals surface area (Å²) in [7, 11) is -5.55. The van der Waals surface area contributed by atoms with E-state index >= 15 is 0 Å². The molecule has 0 aliphatic heterocycles. The topological polar surface area (TPSA) is 67.8 Å². The minimum atomic E-state index is -5.55. The predicted molar refractivity (Wildman–Crippen MR) is 83.1 cm³/mol. The molecule has 10 heteroatoms. The molecule has 1 aromatic rings. The second-order valence-corrected chi connectivity index (χ2v) is 6.90. The van der Waals surface area contributed by atoms with Gasteiger partial charge in [0.25, 0.3) is 0 Å². The van der Waals surface area contributed by atoms with Gasteiger partial charge in [-0.1, -0.05) is 23.7 Å². The molecular formula is C13H16ClF3N2O3S. The van der Waals surface area contributed by atoms with Crippen LogP contribution >= 0.6 is 11.6 Å². The number of benzene rings is 1. The maximum Gasteiger partial charge on any atom is 0.516 e. The summed E-state index contributed by atoms with van der Waals surface area (Å²) in [5, 5.41) is 4.07. The number of rotatable bonds is 6. The summed E-state index contributed by atoms with van der Waals surface area (Å²) in [5.41, 5.74) is -5.32. The molecule has 0 aliphatic rings. The van der Waals surface area contributed by atoms with Crippen LogP contribution in [-0.4, -0.2) is 25.7 Å². The van der Waals surface area contributed by atoms with E-state index in [1.165, 1.54) is 16.9 Å². The lowest BCUT2D eigenvalue weighted by Crippen LogP contribution is -2.30. The van der Waals surface area contributed by atoms with E-state index in [0.29, 0.717) is 6.42 Å². The van der Waals surface area contributed by atoms with E-state index in [2.05, 4.69) is 5.16 Å². The zero-order valence-electron chi connectivity index (χ0n) is 12.6. The zero-order valence-corrected chi connectivity index (χ0v) is 14.2. The molecule has 1 N–H and O–H groups in total. The number of alkyl halides is 3. The molecule has 0 saturated heterocycles. The summed E-state index contributed by atoms with van der Waals surface area (Å²) >= 11 is 5.85. The van der Waals surface area contributed by atoms with Crippen LogP contribution < -0.4 is 4.72 Å². The summed E-state index contributed by atoms with van der Waals surface area (Å²) in [6.45, 7) is 5.15. The quantitative estimate of drug-likeness (QED) is 0.602. The van der Waals surface area contributed by atoms with Crippen molar-refractivity contribution < 1.29 is 26.4 Å². The summed E-state index contributed by atoms with van der Waals surface area (Å²) in [5.74, 6) is 0. The molecule has 1 rings (SSSR count). The lowest BCUT2D eigenvalue weighted by atomic mass is 10.1. The molecular weight excluding hydrogens is 357 g/mol. The van der Waals surface area contributed by atoms with Gasteiger partial charge in [-0.2, -0.15) is 21.6 Å². The van der Waals surface area contributed by atoms with Crippen molar-refractivity contribution in [1.82, 2.24) is 0 Å². The van der Waals surface area contributed by atoms with Crippen LogP contribution in [0.1, 0.15) is 32.8 Å². The Morgan fingerprint density at radius 1 is 1.39 bits per heavy atom. The number of nitrogens with one attached hydrogen (secondary N) is 1. The van der Waals surface area contributed by atoms with Crippen molar-refractivity contribution in [2.75, 3.05) is 4.72 Å². The SMILES string of the molecule is CC/C(=N\OC(C)C)c1cc(Cl)ccc1NS(=O)(=O)C(F)(F)F. The molecule has 0 spiro atoms. The summed E-state index contributed by atoms with van der Waals surface area (Å²) < 4.78 is 61.7. The number of anilines is 1. The first-order valence-corrected chi connectivity index (χ1v) is 8.45. The number of sulfonamides is 1. The molecule has 0 aromatic heterocycles. The molecule has 1 aromatic carbocycles. The Bertz CT molecular complexity index is 688. The Balaban J connectivity index is 3.33. The molecule has 0 fully saturated rings. The van der Waals surface area contributed by atoms with E-state index in [-0.39, 0.29) is 28.1 Å². The Morgan fingerprint density at radius 3 is 2.48 bits per heavy atom. The van der Waals surface area contributed by atoms with Gasteiger partial charge in [0.1, 0.15) is 6.10 Å². The molecule has 0 atom stereocenters. The third-order valence-electron chi connectivity index (χ3n) is 2.55. The van der Waals surface area contributed by atoms with Gasteiger partial charge in [0.05, 0.1) is 11.4 Å². The van der Waals surface area contributed by atoms with Gasteiger partial charge < -0.3 is 4.84 Å². The largest absolute Gasteiger partial charge is 0.516 e. The summed E-state index contributed by atoms with van der Waals surface area (Å²) in [6.07, 6.45) is 0.0550. The summed E-state index contributed by atoms with van der Waals surface area (Å²) in [6, 6.07) is 3.74. The fourth-order valence-corrected chi connectivity index (χ4v) is 2.28. The van der Waals surface area contributed by atoms with E-state index < -0.39 is 15.5 Å². The van der Waals surface area contributed by atoms with Crippen LogP contribution in [0.25, 0.3) is 0 Å². The fraction of sp³-hybridized carbons (Fsp3) is 0.462. The molecule has 23 heavy (non-hydrogen) atoms. The molecule has 0 bridgehead atoms. The van der Waals surface area contributed by atoms with Crippen molar-refractivity contribution in [3.05, 3.63) is 28.8 Å². The van der Waals surface area contributed by atoms with Crippen LogP contribution in [0.5, 0.6) is 0 Å². The van der Waals surface area contributed by atoms with E-state index in [1.807, 2.05) is 0 Å². The smallest absolute Gasteiger partial charge is 0.393 e. The highest BCUT2D eigenvalue weighted by Gasteiger charge is 2.46. The first-order chi connectivity index (χ1) is 10.5. The van der Waals surface area contributed by atoms with Crippen LogP contribution in [0.15, 0.2) is 23.4 Å². The van der Waals surface area contributed by atoms with Crippen molar-refractivity contribution >= 4 is 33.0 Å². The van der Waals surface area contributed by atoms with E-state index in [4.69, 9.17) is 16.4 Å². The van der Waals surface area contributed by atoms with Gasteiger partial charge in [-0.15, -0.1) is 0 Å². The standard InChI is InChI=1S/C13H16ClF3N2O3S/c1-4-11(18-22-8(2)3)10-7-9(14)5-6-12(10)19-23(20,21)13(15,16)17/h5-8,19H,4H2,1-3H3/b18-11+. The normalized spacial score (nSPS) is 13.3. The first-order valence-electron chi connectivity index (χ1n) is 6.59. The average Bonchev–Trinajstić information content (AvgIpc) is 2.40. The molecule has 0 unspecified atom stereocenters. The molecule has 0 aliphatic carbocycles. The van der Waals surface area contributed by atoms with Gasteiger partial charge in [0.15, 0.2) is 0 Å². The number of hydrogen-bond acceptors (Lipinski definition) is 4. The van der Waals surface area contributed by atoms with Crippen LogP contribution in [-0.2, 0) is 14.9 Å². The van der Waals surface area contributed by atoms with E-state index in [0.717, 1.165) is 6.07 Å². The van der Waals surface area contributed by atoms with E-state index in [1.54, 1.807) is 20.8 Å². The third kappa shape index (κ3) is 5.28. The molecule has 0 heterocycles. The van der Waals surface area contributed by atoms with Gasteiger partial charge in [-0.25, -0.2) is 0 Å². The highest BCUT2D eigenvalue weighted by Crippen LogP contribution is 2.29. The average molecular weight is 373 g/mol. The molecule has 5 nitrogen and oxygen atoms in total. The molecule has 0 saturated carbocycles. The molecule has 0 radical (unpaired) electrons. The van der Waals surface area contributed by atoms with Crippen LogP contribution in [0.4, 0.5) is 18.9 Å². The van der Waals surface area contributed by atoms with Gasteiger partial charge in [0, 0.05) is 10.6 Å². The maximum atomic E-state index is 12.5. The highest BCUT2D eigenvalue weighted by atomic mass is 35.5. The Labute approximate surface area is 137 Å². The molecule has 130 valence electrons. The van der Waals surface area contributed by atoms with Crippen molar-refractivity contribution in [1.29, 1.82) is 0 Å². The van der Waals surface area contributed by atoms with Crippen molar-refractivity contribution in [2.24, 2.45) is 5.16 Å². The van der Waals surface area contributed by atoms with Crippen molar-refractivity contribution in [3.63, 3.8) is 0 Å². The third-order valence-corrected chi connectivity index (χ3v) is 3.88. The minimum absolute atomic E-state index is 0.119. The molecule has 0 amide bonds. The Hall–Kier alpha value is -1.48. The second kappa shape index (κ2) is 7.39. The predicted octanol–water partition coefficient (Wildman–Crippen LogP) is 4.14.